The van der Waals surface area contributed by atoms with Crippen LogP contribution in [0.3, 0.4) is 0 Å². The van der Waals surface area contributed by atoms with E-state index in [2.05, 4.69) is 10.6 Å². The van der Waals surface area contributed by atoms with Gasteiger partial charge in [0, 0.05) is 13.0 Å². The molecule has 1 unspecified atom stereocenters. The maximum atomic E-state index is 12.8. The first-order chi connectivity index (χ1) is 18.5. The van der Waals surface area contributed by atoms with Crippen LogP contribution in [-0.4, -0.2) is 37.3 Å². The van der Waals surface area contributed by atoms with Crippen molar-refractivity contribution in [1.82, 2.24) is 10.6 Å². The van der Waals surface area contributed by atoms with Crippen LogP contribution in [0.1, 0.15) is 35.1 Å². The topological polar surface area (TPSA) is 103 Å². The van der Waals surface area contributed by atoms with Crippen LogP contribution in [0.15, 0.2) is 84.9 Å². The number of ether oxygens (including phenoxy) is 3. The molecule has 0 heterocycles. The van der Waals surface area contributed by atoms with Crippen molar-refractivity contribution in [2.75, 3.05) is 13.2 Å². The monoisotopic (exact) mass is 518 g/mol. The molecule has 0 aliphatic rings. The highest BCUT2D eigenvalue weighted by atomic mass is 16.6. The molecule has 200 valence electrons. The third kappa shape index (κ3) is 10.7. The van der Waals surface area contributed by atoms with E-state index < -0.39 is 24.2 Å². The Balaban J connectivity index is 1.44. The van der Waals surface area contributed by atoms with Crippen LogP contribution in [0.4, 0.5) is 9.59 Å². The van der Waals surface area contributed by atoms with Gasteiger partial charge in [0.2, 0.25) is 0 Å². The number of carbonyl (C=O) groups excluding carboxylic acids is 3. The SMILES string of the molecule is Cc1cccc(CCOC(=O)NC(CCCNC(=O)OCc2ccccc2)C(=O)OCc2ccccc2)c1. The molecule has 0 aliphatic carbocycles. The third-order valence-corrected chi connectivity index (χ3v) is 5.66. The van der Waals surface area contributed by atoms with Crippen LogP contribution in [0, 0.1) is 6.92 Å². The van der Waals surface area contributed by atoms with Gasteiger partial charge in [-0.05, 0) is 36.5 Å². The lowest BCUT2D eigenvalue weighted by Gasteiger charge is -2.18. The minimum Gasteiger partial charge on any atom is -0.459 e. The van der Waals surface area contributed by atoms with Crippen molar-refractivity contribution in [1.29, 1.82) is 0 Å². The first-order valence-electron chi connectivity index (χ1n) is 12.6. The van der Waals surface area contributed by atoms with Crippen molar-refractivity contribution >= 4 is 18.2 Å². The van der Waals surface area contributed by atoms with Crippen LogP contribution in [-0.2, 0) is 38.6 Å². The zero-order chi connectivity index (χ0) is 27.0. The Hall–Kier alpha value is -4.33. The van der Waals surface area contributed by atoms with E-state index in [9.17, 15) is 14.4 Å². The van der Waals surface area contributed by atoms with Gasteiger partial charge in [-0.15, -0.1) is 0 Å². The molecular weight excluding hydrogens is 484 g/mol. The maximum absolute atomic E-state index is 12.8. The second kappa shape index (κ2) is 15.7. The normalized spacial score (nSPS) is 11.2. The largest absolute Gasteiger partial charge is 0.459 e. The quantitative estimate of drug-likeness (QED) is 0.186. The molecule has 0 aliphatic heterocycles. The zero-order valence-corrected chi connectivity index (χ0v) is 21.6. The number of esters is 1. The summed E-state index contributed by atoms with van der Waals surface area (Å²) >= 11 is 0. The van der Waals surface area contributed by atoms with Gasteiger partial charge in [0.05, 0.1) is 6.61 Å². The van der Waals surface area contributed by atoms with Gasteiger partial charge in [0.15, 0.2) is 0 Å². The molecule has 0 spiro atoms. The Bertz CT molecular complexity index is 1150. The number of carbonyl (C=O) groups is 3. The van der Waals surface area contributed by atoms with Crippen molar-refractivity contribution in [2.45, 2.75) is 45.4 Å². The van der Waals surface area contributed by atoms with Crippen molar-refractivity contribution in [3.63, 3.8) is 0 Å². The molecule has 3 aromatic rings. The second-order valence-electron chi connectivity index (χ2n) is 8.80. The molecular formula is C30H34N2O6. The van der Waals surface area contributed by atoms with Crippen LogP contribution < -0.4 is 10.6 Å². The molecule has 8 nitrogen and oxygen atoms in total. The number of hydrogen-bond donors (Lipinski definition) is 2. The molecule has 0 saturated heterocycles. The standard InChI is InChI=1S/C30H34N2O6/c1-23-10-8-15-24(20-23)17-19-36-30(35)32-27(28(33)37-21-25-11-4-2-5-12-25)16-9-18-31-29(34)38-22-26-13-6-3-7-14-26/h2-8,10-15,20,27H,9,16-19,21-22H2,1H3,(H,31,34)(H,32,35). The predicted octanol–water partition coefficient (Wildman–Crippen LogP) is 5.08. The number of nitrogens with one attached hydrogen (secondary N) is 2. The number of aryl methyl sites for hydroxylation is 1. The fourth-order valence-electron chi connectivity index (χ4n) is 3.66. The van der Waals surface area contributed by atoms with Crippen LogP contribution in [0.5, 0.6) is 0 Å². The van der Waals surface area contributed by atoms with E-state index in [1.807, 2.05) is 91.9 Å². The van der Waals surface area contributed by atoms with Gasteiger partial charge in [-0.2, -0.15) is 0 Å². The van der Waals surface area contributed by atoms with Gasteiger partial charge in [0.25, 0.3) is 0 Å². The van der Waals surface area contributed by atoms with Crippen LogP contribution in [0.2, 0.25) is 0 Å². The van der Waals surface area contributed by atoms with E-state index in [0.717, 1.165) is 22.3 Å². The fourth-order valence-corrected chi connectivity index (χ4v) is 3.66. The summed E-state index contributed by atoms with van der Waals surface area (Å²) in [6.45, 7) is 2.69. The first kappa shape index (κ1) is 28.2. The molecule has 2 N–H and O–H groups in total. The van der Waals surface area contributed by atoms with E-state index in [4.69, 9.17) is 14.2 Å². The minimum absolute atomic E-state index is 0.0876. The minimum atomic E-state index is -0.924. The fraction of sp³-hybridized carbons (Fsp3) is 0.300. The first-order valence-corrected chi connectivity index (χ1v) is 12.6. The van der Waals surface area contributed by atoms with Crippen molar-refractivity contribution < 1.29 is 28.6 Å². The van der Waals surface area contributed by atoms with Gasteiger partial charge in [0.1, 0.15) is 19.3 Å². The highest BCUT2D eigenvalue weighted by Crippen LogP contribution is 2.08. The lowest BCUT2D eigenvalue weighted by Crippen LogP contribution is -2.42. The zero-order valence-electron chi connectivity index (χ0n) is 21.6. The molecule has 0 aromatic heterocycles. The van der Waals surface area contributed by atoms with E-state index in [0.29, 0.717) is 12.8 Å². The molecule has 0 radical (unpaired) electrons. The molecule has 8 heteroatoms. The van der Waals surface area contributed by atoms with Gasteiger partial charge in [-0.1, -0.05) is 90.5 Å². The summed E-state index contributed by atoms with van der Waals surface area (Å²) in [7, 11) is 0. The Morgan fingerprint density at radius 2 is 1.37 bits per heavy atom. The number of benzene rings is 3. The summed E-state index contributed by atoms with van der Waals surface area (Å²) in [6.07, 6.45) is -0.0304. The Kier molecular flexibility index (Phi) is 11.7. The number of amides is 2. The summed E-state index contributed by atoms with van der Waals surface area (Å²) in [5.74, 6) is -0.573. The van der Waals surface area contributed by atoms with E-state index in [-0.39, 0.29) is 32.8 Å². The third-order valence-electron chi connectivity index (χ3n) is 5.66. The number of rotatable bonds is 13. The van der Waals surface area contributed by atoms with Crippen molar-refractivity contribution in [2.24, 2.45) is 0 Å². The summed E-state index contributed by atoms with van der Waals surface area (Å²) in [5, 5.41) is 5.26. The van der Waals surface area contributed by atoms with Crippen LogP contribution in [0.25, 0.3) is 0 Å². The molecule has 0 saturated carbocycles. The lowest BCUT2D eigenvalue weighted by atomic mass is 10.1. The molecule has 3 aromatic carbocycles. The van der Waals surface area contributed by atoms with E-state index >= 15 is 0 Å². The molecule has 38 heavy (non-hydrogen) atoms. The average Bonchev–Trinajstić information content (AvgIpc) is 2.93. The molecule has 2 amide bonds. The molecule has 0 bridgehead atoms. The Labute approximate surface area is 223 Å². The highest BCUT2D eigenvalue weighted by molar-refractivity contribution is 5.81. The van der Waals surface area contributed by atoms with Gasteiger partial charge < -0.3 is 24.8 Å². The maximum Gasteiger partial charge on any atom is 0.407 e. The lowest BCUT2D eigenvalue weighted by molar-refractivity contribution is -0.147. The summed E-state index contributed by atoms with van der Waals surface area (Å²) < 4.78 is 15.9. The number of alkyl carbamates (subject to hydrolysis) is 2. The van der Waals surface area contributed by atoms with Crippen molar-refractivity contribution in [3.8, 4) is 0 Å². The number of hydrogen-bond acceptors (Lipinski definition) is 6. The summed E-state index contributed by atoms with van der Waals surface area (Å²) in [4.78, 5) is 37.2. The second-order valence-corrected chi connectivity index (χ2v) is 8.80. The van der Waals surface area contributed by atoms with Gasteiger partial charge in [-0.3, -0.25) is 0 Å². The van der Waals surface area contributed by atoms with Gasteiger partial charge in [-0.25, -0.2) is 14.4 Å². The van der Waals surface area contributed by atoms with E-state index in [1.54, 1.807) is 0 Å². The highest BCUT2D eigenvalue weighted by Gasteiger charge is 2.23. The van der Waals surface area contributed by atoms with E-state index in [1.165, 1.54) is 0 Å². The summed E-state index contributed by atoms with van der Waals surface area (Å²) in [6, 6.07) is 25.7. The summed E-state index contributed by atoms with van der Waals surface area (Å²) in [5.41, 5.74) is 3.91. The van der Waals surface area contributed by atoms with Crippen LogP contribution >= 0.6 is 0 Å². The van der Waals surface area contributed by atoms with Gasteiger partial charge >= 0.3 is 18.2 Å². The Morgan fingerprint density at radius 3 is 2.03 bits per heavy atom. The average molecular weight is 519 g/mol. The predicted molar refractivity (Wildman–Crippen MR) is 143 cm³/mol. The molecule has 3 rings (SSSR count). The van der Waals surface area contributed by atoms with Crippen molar-refractivity contribution in [3.05, 3.63) is 107 Å². The molecule has 1 atom stereocenters. The molecule has 0 fully saturated rings. The smallest absolute Gasteiger partial charge is 0.407 e. The Morgan fingerprint density at radius 1 is 0.737 bits per heavy atom.